The molecule has 4 nitrogen and oxygen atoms in total. The molecular formula is C14H17N3O. The van der Waals surface area contributed by atoms with Crippen molar-refractivity contribution in [2.24, 2.45) is 0 Å². The van der Waals surface area contributed by atoms with Crippen LogP contribution in [0, 0.1) is 0 Å². The zero-order valence-corrected chi connectivity index (χ0v) is 10.2. The first kappa shape index (κ1) is 11.3. The number of carbonyl (C=O) groups excluding carboxylic acids is 1. The Kier molecular flexibility index (Phi) is 3.02. The molecule has 2 aromatic rings. The second kappa shape index (κ2) is 4.82. The summed E-state index contributed by atoms with van der Waals surface area (Å²) in [6.07, 6.45) is 4.05. The fourth-order valence-electron chi connectivity index (χ4n) is 2.52. The predicted octanol–water partition coefficient (Wildman–Crippen LogP) is 1.65. The van der Waals surface area contributed by atoms with Gasteiger partial charge in [0.05, 0.1) is 0 Å². The molecule has 2 heterocycles. The fraction of sp³-hybridized carbons (Fsp3) is 0.357. The first-order valence-corrected chi connectivity index (χ1v) is 6.42. The maximum atomic E-state index is 12.3. The third kappa shape index (κ3) is 2.11. The molecule has 1 aromatic heterocycles. The lowest BCUT2D eigenvalue weighted by atomic mass is 10.1. The molecular weight excluding hydrogens is 226 g/mol. The van der Waals surface area contributed by atoms with E-state index in [1.54, 1.807) is 0 Å². The van der Waals surface area contributed by atoms with E-state index in [0.717, 1.165) is 42.4 Å². The van der Waals surface area contributed by atoms with E-state index in [1.807, 2.05) is 30.5 Å². The Bertz CT molecular complexity index is 555. The largest absolute Gasteiger partial charge is 0.361 e. The number of nitrogens with one attached hydrogen (secondary N) is 3. The van der Waals surface area contributed by atoms with Crippen LogP contribution in [-0.2, 0) is 0 Å². The maximum absolute atomic E-state index is 12.3. The SMILES string of the molecule is O=C(N[C@H]1CCCNC1)c1cccc2[nH]ccc12. The summed E-state index contributed by atoms with van der Waals surface area (Å²) in [5.41, 5.74) is 1.75. The lowest BCUT2D eigenvalue weighted by Crippen LogP contribution is -2.45. The first-order chi connectivity index (χ1) is 8.84. The summed E-state index contributed by atoms with van der Waals surface area (Å²) in [7, 11) is 0. The van der Waals surface area contributed by atoms with Crippen LogP contribution in [-0.4, -0.2) is 30.0 Å². The van der Waals surface area contributed by atoms with Crippen molar-refractivity contribution in [2.75, 3.05) is 13.1 Å². The van der Waals surface area contributed by atoms with Gasteiger partial charge >= 0.3 is 0 Å². The van der Waals surface area contributed by atoms with Gasteiger partial charge in [-0.2, -0.15) is 0 Å². The van der Waals surface area contributed by atoms with Crippen LogP contribution >= 0.6 is 0 Å². The molecule has 1 aromatic carbocycles. The van der Waals surface area contributed by atoms with Crippen molar-refractivity contribution >= 4 is 16.8 Å². The highest BCUT2D eigenvalue weighted by molar-refractivity contribution is 6.06. The number of rotatable bonds is 2. The highest BCUT2D eigenvalue weighted by Gasteiger charge is 2.17. The van der Waals surface area contributed by atoms with Gasteiger partial charge < -0.3 is 15.6 Å². The Morgan fingerprint density at radius 1 is 1.33 bits per heavy atom. The van der Waals surface area contributed by atoms with Crippen LogP contribution in [0.4, 0.5) is 0 Å². The minimum absolute atomic E-state index is 0.0221. The van der Waals surface area contributed by atoms with Crippen molar-refractivity contribution in [2.45, 2.75) is 18.9 Å². The zero-order valence-electron chi connectivity index (χ0n) is 10.2. The monoisotopic (exact) mass is 243 g/mol. The minimum atomic E-state index is 0.0221. The van der Waals surface area contributed by atoms with Crippen LogP contribution < -0.4 is 10.6 Å². The van der Waals surface area contributed by atoms with Crippen molar-refractivity contribution < 1.29 is 4.79 Å². The molecule has 0 aliphatic carbocycles. The molecule has 94 valence electrons. The van der Waals surface area contributed by atoms with E-state index in [1.165, 1.54) is 0 Å². The Morgan fingerprint density at radius 2 is 2.28 bits per heavy atom. The number of aromatic nitrogens is 1. The first-order valence-electron chi connectivity index (χ1n) is 6.42. The van der Waals surface area contributed by atoms with Crippen LogP contribution in [0.3, 0.4) is 0 Å². The van der Waals surface area contributed by atoms with E-state index in [4.69, 9.17) is 0 Å². The van der Waals surface area contributed by atoms with E-state index in [0.29, 0.717) is 0 Å². The average molecular weight is 243 g/mol. The van der Waals surface area contributed by atoms with Crippen LogP contribution in [0.5, 0.6) is 0 Å². The molecule has 18 heavy (non-hydrogen) atoms. The minimum Gasteiger partial charge on any atom is -0.361 e. The third-order valence-corrected chi connectivity index (χ3v) is 3.47. The van der Waals surface area contributed by atoms with E-state index in [9.17, 15) is 4.79 Å². The van der Waals surface area contributed by atoms with E-state index in [2.05, 4.69) is 15.6 Å². The van der Waals surface area contributed by atoms with Gasteiger partial charge in [-0.05, 0) is 37.6 Å². The summed E-state index contributed by atoms with van der Waals surface area (Å²) in [6.45, 7) is 1.93. The maximum Gasteiger partial charge on any atom is 0.252 e. The highest BCUT2D eigenvalue weighted by Crippen LogP contribution is 2.17. The van der Waals surface area contributed by atoms with Gasteiger partial charge in [0, 0.05) is 35.2 Å². The fourth-order valence-corrected chi connectivity index (χ4v) is 2.52. The average Bonchev–Trinajstić information content (AvgIpc) is 2.87. The van der Waals surface area contributed by atoms with Crippen molar-refractivity contribution in [1.29, 1.82) is 0 Å². The molecule has 1 amide bonds. The van der Waals surface area contributed by atoms with Crippen molar-refractivity contribution in [1.82, 2.24) is 15.6 Å². The van der Waals surface area contributed by atoms with E-state index in [-0.39, 0.29) is 11.9 Å². The number of hydrogen-bond donors (Lipinski definition) is 3. The molecule has 1 aliphatic heterocycles. The zero-order chi connectivity index (χ0) is 12.4. The standard InChI is InChI=1S/C14H17N3O/c18-14(17-10-3-2-7-15-9-10)12-4-1-5-13-11(12)6-8-16-13/h1,4-6,8,10,15-16H,2-3,7,9H2,(H,17,18)/t10-/m0/s1. The van der Waals surface area contributed by atoms with Crippen LogP contribution in [0.1, 0.15) is 23.2 Å². The van der Waals surface area contributed by atoms with Crippen LogP contribution in [0.15, 0.2) is 30.5 Å². The summed E-state index contributed by atoms with van der Waals surface area (Å²) < 4.78 is 0. The quantitative estimate of drug-likeness (QED) is 0.751. The highest BCUT2D eigenvalue weighted by atomic mass is 16.1. The molecule has 0 bridgehead atoms. The van der Waals surface area contributed by atoms with Gasteiger partial charge in [0.25, 0.3) is 5.91 Å². The van der Waals surface area contributed by atoms with Gasteiger partial charge in [0.1, 0.15) is 0 Å². The molecule has 1 saturated heterocycles. The van der Waals surface area contributed by atoms with Gasteiger partial charge in [0.15, 0.2) is 0 Å². The van der Waals surface area contributed by atoms with Gasteiger partial charge in [-0.3, -0.25) is 4.79 Å². The predicted molar refractivity (Wildman–Crippen MR) is 71.7 cm³/mol. The van der Waals surface area contributed by atoms with E-state index >= 15 is 0 Å². The molecule has 0 spiro atoms. The molecule has 4 heteroatoms. The van der Waals surface area contributed by atoms with Crippen molar-refractivity contribution in [3.05, 3.63) is 36.0 Å². The number of aromatic amines is 1. The number of amides is 1. The Labute approximate surface area is 106 Å². The molecule has 0 unspecified atom stereocenters. The van der Waals surface area contributed by atoms with Crippen LogP contribution in [0.2, 0.25) is 0 Å². The number of piperidine rings is 1. The number of benzene rings is 1. The smallest absolute Gasteiger partial charge is 0.252 e. The number of carbonyl (C=O) groups is 1. The summed E-state index contributed by atoms with van der Waals surface area (Å²) in [4.78, 5) is 15.4. The molecule has 3 rings (SSSR count). The molecule has 0 radical (unpaired) electrons. The summed E-state index contributed by atoms with van der Waals surface area (Å²) in [5, 5.41) is 7.39. The molecule has 0 saturated carbocycles. The lowest BCUT2D eigenvalue weighted by Gasteiger charge is -2.23. The van der Waals surface area contributed by atoms with Crippen molar-refractivity contribution in [3.63, 3.8) is 0 Å². The molecule has 1 fully saturated rings. The number of fused-ring (bicyclic) bond motifs is 1. The Balaban J connectivity index is 1.81. The van der Waals surface area contributed by atoms with Gasteiger partial charge in [-0.25, -0.2) is 0 Å². The second-order valence-corrected chi connectivity index (χ2v) is 4.76. The van der Waals surface area contributed by atoms with Crippen molar-refractivity contribution in [3.8, 4) is 0 Å². The lowest BCUT2D eigenvalue weighted by molar-refractivity contribution is 0.0932. The molecule has 1 atom stereocenters. The topological polar surface area (TPSA) is 56.9 Å². The summed E-state index contributed by atoms with van der Waals surface area (Å²) >= 11 is 0. The summed E-state index contributed by atoms with van der Waals surface area (Å²) in [5.74, 6) is 0.0221. The Hall–Kier alpha value is -1.81. The molecule has 3 N–H and O–H groups in total. The van der Waals surface area contributed by atoms with Gasteiger partial charge in [-0.1, -0.05) is 6.07 Å². The molecule has 1 aliphatic rings. The number of H-pyrrole nitrogens is 1. The normalized spacial score (nSPS) is 19.9. The van der Waals surface area contributed by atoms with E-state index < -0.39 is 0 Å². The van der Waals surface area contributed by atoms with Gasteiger partial charge in [0.2, 0.25) is 0 Å². The number of hydrogen-bond acceptors (Lipinski definition) is 2. The van der Waals surface area contributed by atoms with Gasteiger partial charge in [-0.15, -0.1) is 0 Å². The Morgan fingerprint density at radius 3 is 3.11 bits per heavy atom. The van der Waals surface area contributed by atoms with Crippen LogP contribution in [0.25, 0.3) is 10.9 Å². The third-order valence-electron chi connectivity index (χ3n) is 3.47. The second-order valence-electron chi connectivity index (χ2n) is 4.76. The summed E-state index contributed by atoms with van der Waals surface area (Å²) in [6, 6.07) is 7.96.